The number of nitrogens with one attached hydrogen (secondary N) is 3. The zero-order valence-electron chi connectivity index (χ0n) is 23.1. The van der Waals surface area contributed by atoms with Crippen LogP contribution in [-0.2, 0) is 0 Å². The maximum absolute atomic E-state index is 13.6. The van der Waals surface area contributed by atoms with Crippen LogP contribution in [0.5, 0.6) is 0 Å². The molecule has 0 radical (unpaired) electrons. The Labute approximate surface area is 230 Å². The van der Waals surface area contributed by atoms with Crippen LogP contribution in [0, 0.1) is 5.92 Å². The fourth-order valence-corrected chi connectivity index (χ4v) is 6.01. The van der Waals surface area contributed by atoms with Crippen LogP contribution in [0.25, 0.3) is 0 Å². The molecule has 2 saturated heterocycles. The number of rotatable bonds is 11. The maximum Gasteiger partial charge on any atom is 0.253 e. The van der Waals surface area contributed by atoms with Gasteiger partial charge in [0.05, 0.1) is 11.1 Å². The third-order valence-corrected chi connectivity index (χ3v) is 8.36. The van der Waals surface area contributed by atoms with Crippen LogP contribution in [0.15, 0.2) is 30.5 Å². The number of hydrogen-bond acceptors (Lipinski definition) is 7. The van der Waals surface area contributed by atoms with Crippen molar-refractivity contribution in [2.75, 3.05) is 22.1 Å². The number of carbonyl (C=O) groups excluding carboxylic acids is 3. The average molecular weight is 533 g/mol. The number of aromatic nitrogens is 1. The second-order valence-corrected chi connectivity index (χ2v) is 11.3. The number of amides is 2. The summed E-state index contributed by atoms with van der Waals surface area (Å²) < 4.78 is 0. The van der Waals surface area contributed by atoms with E-state index in [2.05, 4.69) is 32.8 Å². The lowest BCUT2D eigenvalue weighted by Gasteiger charge is -2.40. The zero-order chi connectivity index (χ0) is 27.7. The molecule has 9 heteroatoms. The van der Waals surface area contributed by atoms with Gasteiger partial charge in [-0.1, -0.05) is 6.92 Å². The Balaban J connectivity index is 1.30. The van der Waals surface area contributed by atoms with Crippen LogP contribution >= 0.6 is 0 Å². The van der Waals surface area contributed by atoms with E-state index in [4.69, 9.17) is 5.73 Å². The lowest BCUT2D eigenvalue weighted by atomic mass is 9.96. The van der Waals surface area contributed by atoms with Gasteiger partial charge in [-0.25, -0.2) is 4.98 Å². The first-order valence-electron chi connectivity index (χ1n) is 14.4. The molecular weight excluding hydrogens is 492 g/mol. The summed E-state index contributed by atoms with van der Waals surface area (Å²) in [5, 5.41) is 9.84. The lowest BCUT2D eigenvalue weighted by Crippen LogP contribution is -2.50. The fraction of sp³-hybridized carbons (Fsp3) is 0.533. The number of hydrogen-bond donors (Lipinski definition) is 4. The van der Waals surface area contributed by atoms with Crippen LogP contribution in [0.4, 0.5) is 17.2 Å². The van der Waals surface area contributed by atoms with Crippen molar-refractivity contribution in [3.8, 4) is 0 Å². The monoisotopic (exact) mass is 532 g/mol. The van der Waals surface area contributed by atoms with E-state index in [9.17, 15) is 14.4 Å². The third kappa shape index (κ3) is 5.72. The summed E-state index contributed by atoms with van der Waals surface area (Å²) in [5.41, 5.74) is 8.43. The van der Waals surface area contributed by atoms with E-state index in [1.54, 1.807) is 18.3 Å². The third-order valence-electron chi connectivity index (χ3n) is 8.36. The first-order chi connectivity index (χ1) is 18.8. The van der Waals surface area contributed by atoms with E-state index in [0.29, 0.717) is 46.7 Å². The number of piperidine rings is 1. The topological polar surface area (TPSA) is 129 Å². The molecule has 0 spiro atoms. The van der Waals surface area contributed by atoms with Crippen molar-refractivity contribution in [2.24, 2.45) is 11.7 Å². The molecule has 208 valence electrons. The molecule has 2 aromatic rings. The molecule has 9 nitrogen and oxygen atoms in total. The highest BCUT2D eigenvalue weighted by Gasteiger charge is 2.42. The first kappa shape index (κ1) is 27.0. The maximum atomic E-state index is 13.6. The van der Waals surface area contributed by atoms with E-state index in [0.717, 1.165) is 50.8 Å². The van der Waals surface area contributed by atoms with E-state index in [-0.39, 0.29) is 29.7 Å². The number of pyridine rings is 1. The standard InChI is InChI=1S/C30H40N6O3/c1-4-17(3)34-26-15-24(25(32-5-2)14-23(26)29(31)38)30(39)35-20-12-21-9-10-22(13-20)36(21)27-11-8-19(16-33-27)28(37)18-6-7-18/h8,11,14-18,20-22,32,34H,4-7,9-10,12-13H2,1-3H3,(H2,31,38)(H,35,39)/t17-,20-,21+,22-/m1/s1. The second-order valence-electron chi connectivity index (χ2n) is 11.3. The van der Waals surface area contributed by atoms with E-state index >= 15 is 0 Å². The molecule has 1 saturated carbocycles. The Morgan fingerprint density at radius 3 is 2.28 bits per heavy atom. The molecule has 2 amide bonds. The zero-order valence-corrected chi connectivity index (χ0v) is 23.1. The van der Waals surface area contributed by atoms with Crippen LogP contribution in [0.2, 0.25) is 0 Å². The van der Waals surface area contributed by atoms with E-state index < -0.39 is 5.91 Å². The Hall–Kier alpha value is -3.62. The predicted octanol–water partition coefficient (Wildman–Crippen LogP) is 4.35. The molecule has 3 aliphatic rings. The van der Waals surface area contributed by atoms with Crippen molar-refractivity contribution in [3.05, 3.63) is 47.2 Å². The van der Waals surface area contributed by atoms with Crippen molar-refractivity contribution >= 4 is 34.8 Å². The summed E-state index contributed by atoms with van der Waals surface area (Å²) in [7, 11) is 0. The van der Waals surface area contributed by atoms with Gasteiger partial charge in [0.15, 0.2) is 5.78 Å². The molecule has 2 bridgehead atoms. The average Bonchev–Trinajstić information content (AvgIpc) is 3.73. The summed E-state index contributed by atoms with van der Waals surface area (Å²) in [4.78, 5) is 45.2. The molecule has 39 heavy (non-hydrogen) atoms. The van der Waals surface area contributed by atoms with Crippen LogP contribution in [0.1, 0.15) is 96.8 Å². The van der Waals surface area contributed by atoms with E-state index in [1.807, 2.05) is 26.0 Å². The molecule has 4 atom stereocenters. The van der Waals surface area contributed by atoms with Crippen LogP contribution < -0.4 is 26.6 Å². The fourth-order valence-electron chi connectivity index (χ4n) is 6.01. The first-order valence-corrected chi connectivity index (χ1v) is 14.4. The minimum absolute atomic E-state index is 0.0400. The Kier molecular flexibility index (Phi) is 7.77. The van der Waals surface area contributed by atoms with Crippen molar-refractivity contribution in [1.82, 2.24) is 10.3 Å². The van der Waals surface area contributed by atoms with Gasteiger partial charge in [-0.3, -0.25) is 14.4 Å². The van der Waals surface area contributed by atoms with Gasteiger partial charge in [-0.15, -0.1) is 0 Å². The second kappa shape index (κ2) is 11.2. The van der Waals surface area contributed by atoms with Crippen molar-refractivity contribution in [2.45, 2.75) is 89.9 Å². The van der Waals surface area contributed by atoms with Gasteiger partial charge in [0.2, 0.25) is 0 Å². The molecule has 3 heterocycles. The number of fused-ring (bicyclic) bond motifs is 2. The van der Waals surface area contributed by atoms with Gasteiger partial charge >= 0.3 is 0 Å². The molecule has 1 aliphatic carbocycles. The normalized spacial score (nSPS) is 22.7. The Morgan fingerprint density at radius 1 is 1.03 bits per heavy atom. The van der Waals surface area contributed by atoms with Crippen LogP contribution in [-0.4, -0.2) is 53.3 Å². The minimum Gasteiger partial charge on any atom is -0.385 e. The number of Topliss-reactive ketones (excluding diaryl/α,β-unsaturated/α-hetero) is 1. The summed E-state index contributed by atoms with van der Waals surface area (Å²) in [6, 6.07) is 8.07. The smallest absolute Gasteiger partial charge is 0.253 e. The van der Waals surface area contributed by atoms with Crippen molar-refractivity contribution in [1.29, 1.82) is 0 Å². The van der Waals surface area contributed by atoms with E-state index in [1.165, 1.54) is 0 Å². The summed E-state index contributed by atoms with van der Waals surface area (Å²) in [6.45, 7) is 6.64. The number of primary amides is 1. The molecule has 1 aromatic carbocycles. The van der Waals surface area contributed by atoms with Gasteiger partial charge in [0.1, 0.15) is 5.82 Å². The molecule has 1 aromatic heterocycles. The number of benzene rings is 1. The summed E-state index contributed by atoms with van der Waals surface area (Å²) >= 11 is 0. The molecule has 5 rings (SSSR count). The molecule has 0 unspecified atom stereocenters. The number of carbonyl (C=O) groups is 3. The number of nitrogens with two attached hydrogens (primary N) is 1. The van der Waals surface area contributed by atoms with Gasteiger partial charge < -0.3 is 26.6 Å². The SMILES string of the molecule is CCNc1cc(C(N)=O)c(N[C@H](C)CC)cc1C(=O)N[C@H]1C[C@H]2CC[C@@H](C1)N2c1ccc(C(=O)C2CC2)cn1. The highest BCUT2D eigenvalue weighted by atomic mass is 16.2. The minimum atomic E-state index is -0.533. The highest BCUT2D eigenvalue weighted by Crippen LogP contribution is 2.39. The van der Waals surface area contributed by atoms with Gasteiger partial charge in [-0.2, -0.15) is 0 Å². The highest BCUT2D eigenvalue weighted by molar-refractivity contribution is 6.06. The largest absolute Gasteiger partial charge is 0.385 e. The number of ketones is 1. The van der Waals surface area contributed by atoms with Gasteiger partial charge in [0.25, 0.3) is 11.8 Å². The summed E-state index contributed by atoms with van der Waals surface area (Å²) in [5.74, 6) is 0.622. The van der Waals surface area contributed by atoms with Crippen LogP contribution in [0.3, 0.4) is 0 Å². The molecule has 2 aliphatic heterocycles. The lowest BCUT2D eigenvalue weighted by molar-refractivity contribution is 0.0925. The number of nitrogens with zero attached hydrogens (tertiary/aromatic N) is 2. The summed E-state index contributed by atoms with van der Waals surface area (Å²) in [6.07, 6.45) is 8.36. The van der Waals surface area contributed by atoms with Crippen molar-refractivity contribution < 1.29 is 14.4 Å². The Bertz CT molecular complexity index is 1230. The van der Waals surface area contributed by atoms with Crippen molar-refractivity contribution in [3.63, 3.8) is 0 Å². The molecular formula is C30H40N6O3. The number of anilines is 3. The quantitative estimate of drug-likeness (QED) is 0.317. The molecule has 5 N–H and O–H groups in total. The van der Waals surface area contributed by atoms with Gasteiger partial charge in [-0.05, 0) is 83.1 Å². The molecule has 3 fully saturated rings. The predicted molar refractivity (Wildman–Crippen MR) is 154 cm³/mol. The van der Waals surface area contributed by atoms with Gasteiger partial charge in [0, 0.05) is 59.8 Å². The Morgan fingerprint density at radius 2 is 1.72 bits per heavy atom.